The molecule has 3 heteroatoms. The van der Waals surface area contributed by atoms with Crippen molar-refractivity contribution in [1.29, 1.82) is 0 Å². The third kappa shape index (κ3) is 3.25. The molecular weight excluding hydrogens is 222 g/mol. The Hall–Kier alpha value is -0.120. The van der Waals surface area contributed by atoms with Gasteiger partial charge in [-0.15, -0.1) is 0 Å². The summed E-state index contributed by atoms with van der Waals surface area (Å²) in [4.78, 5) is 5.37. The van der Waals surface area contributed by atoms with Crippen molar-refractivity contribution < 1.29 is 0 Å². The van der Waals surface area contributed by atoms with Crippen molar-refractivity contribution in [3.63, 3.8) is 0 Å². The molecule has 0 amide bonds. The average molecular weight is 253 g/mol. The molecule has 2 fully saturated rings. The lowest BCUT2D eigenvalue weighted by Crippen LogP contribution is -2.55. The van der Waals surface area contributed by atoms with Gasteiger partial charge in [-0.2, -0.15) is 0 Å². The van der Waals surface area contributed by atoms with Crippen LogP contribution in [0.5, 0.6) is 0 Å². The van der Waals surface area contributed by atoms with Crippen molar-refractivity contribution in [3.8, 4) is 0 Å². The monoisotopic (exact) mass is 253 g/mol. The van der Waals surface area contributed by atoms with Crippen LogP contribution in [0, 0.1) is 5.92 Å². The van der Waals surface area contributed by atoms with Crippen molar-refractivity contribution >= 4 is 0 Å². The largest absolute Gasteiger partial charge is 0.329 e. The molecule has 0 aromatic heterocycles. The van der Waals surface area contributed by atoms with E-state index in [2.05, 4.69) is 23.6 Å². The maximum Gasteiger partial charge on any atom is 0.0244 e. The van der Waals surface area contributed by atoms with Crippen LogP contribution in [0.4, 0.5) is 0 Å². The van der Waals surface area contributed by atoms with Gasteiger partial charge in [0.05, 0.1) is 0 Å². The molecule has 1 saturated carbocycles. The Morgan fingerprint density at radius 1 is 1.11 bits per heavy atom. The van der Waals surface area contributed by atoms with Gasteiger partial charge in [-0.05, 0) is 18.8 Å². The third-order valence-electron chi connectivity index (χ3n) is 5.20. The van der Waals surface area contributed by atoms with Gasteiger partial charge in [0.15, 0.2) is 0 Å². The van der Waals surface area contributed by atoms with E-state index in [-0.39, 0.29) is 0 Å². The molecule has 2 aliphatic rings. The summed E-state index contributed by atoms with van der Waals surface area (Å²) < 4.78 is 0. The molecule has 1 aliphatic heterocycles. The summed E-state index contributed by atoms with van der Waals surface area (Å²) in [5.74, 6) is 0.730. The molecule has 106 valence electrons. The zero-order chi connectivity index (χ0) is 13.0. The van der Waals surface area contributed by atoms with Crippen molar-refractivity contribution in [1.82, 2.24) is 9.80 Å². The Labute approximate surface area is 113 Å². The van der Waals surface area contributed by atoms with E-state index in [0.717, 1.165) is 18.5 Å². The van der Waals surface area contributed by atoms with Gasteiger partial charge in [0.2, 0.25) is 0 Å². The summed E-state index contributed by atoms with van der Waals surface area (Å²) in [7, 11) is 0. The normalized spacial score (nSPS) is 27.5. The molecule has 2 unspecified atom stereocenters. The first kappa shape index (κ1) is 14.3. The van der Waals surface area contributed by atoms with Gasteiger partial charge in [0.25, 0.3) is 0 Å². The molecule has 2 atom stereocenters. The fourth-order valence-corrected chi connectivity index (χ4v) is 3.72. The molecule has 1 heterocycles. The maximum absolute atomic E-state index is 5.98. The molecule has 0 aromatic carbocycles. The van der Waals surface area contributed by atoms with Crippen LogP contribution >= 0.6 is 0 Å². The van der Waals surface area contributed by atoms with Gasteiger partial charge in [-0.1, -0.05) is 33.1 Å². The topological polar surface area (TPSA) is 32.5 Å². The van der Waals surface area contributed by atoms with Crippen LogP contribution in [-0.2, 0) is 0 Å². The summed E-state index contributed by atoms with van der Waals surface area (Å²) in [5.41, 5.74) is 5.98. The molecule has 0 radical (unpaired) electrons. The minimum absolute atomic E-state index is 0.598. The highest BCUT2D eigenvalue weighted by atomic mass is 15.3. The Bertz CT molecular complexity index is 230. The molecule has 0 bridgehead atoms. The average Bonchev–Trinajstić information content (AvgIpc) is 2.94. The van der Waals surface area contributed by atoms with Crippen LogP contribution in [0.3, 0.4) is 0 Å². The van der Waals surface area contributed by atoms with Crippen molar-refractivity contribution in [2.45, 2.75) is 58.0 Å². The van der Waals surface area contributed by atoms with Crippen LogP contribution in [0.1, 0.15) is 46.0 Å². The molecule has 0 aromatic rings. The summed E-state index contributed by atoms with van der Waals surface area (Å²) in [5, 5.41) is 0. The first-order chi connectivity index (χ1) is 8.76. The van der Waals surface area contributed by atoms with Gasteiger partial charge < -0.3 is 5.73 Å². The fraction of sp³-hybridized carbons (Fsp3) is 1.00. The van der Waals surface area contributed by atoms with Crippen LogP contribution in [0.15, 0.2) is 0 Å². The zero-order valence-electron chi connectivity index (χ0n) is 12.3. The third-order valence-corrected chi connectivity index (χ3v) is 5.20. The van der Waals surface area contributed by atoms with Gasteiger partial charge in [0.1, 0.15) is 0 Å². The van der Waals surface area contributed by atoms with E-state index in [1.54, 1.807) is 0 Å². The minimum atomic E-state index is 0.598. The highest BCUT2D eigenvalue weighted by molar-refractivity contribution is 4.86. The van der Waals surface area contributed by atoms with Crippen molar-refractivity contribution in [2.24, 2.45) is 11.7 Å². The van der Waals surface area contributed by atoms with E-state index in [1.807, 2.05) is 0 Å². The molecule has 2 rings (SSSR count). The second-order valence-electron chi connectivity index (χ2n) is 6.20. The summed E-state index contributed by atoms with van der Waals surface area (Å²) in [6.07, 6.45) is 7.01. The number of nitrogens with zero attached hydrogens (tertiary/aromatic N) is 2. The Morgan fingerprint density at radius 3 is 2.22 bits per heavy atom. The van der Waals surface area contributed by atoms with Crippen molar-refractivity contribution in [3.05, 3.63) is 0 Å². The van der Waals surface area contributed by atoms with Crippen LogP contribution in [0.25, 0.3) is 0 Å². The molecule has 1 aliphatic carbocycles. The van der Waals surface area contributed by atoms with Crippen LogP contribution in [-0.4, -0.2) is 54.6 Å². The number of rotatable bonds is 5. The van der Waals surface area contributed by atoms with Crippen LogP contribution < -0.4 is 5.73 Å². The quantitative estimate of drug-likeness (QED) is 0.812. The highest BCUT2D eigenvalue weighted by Gasteiger charge is 2.29. The number of hydrogen-bond donors (Lipinski definition) is 1. The number of piperazine rings is 1. The Balaban J connectivity index is 1.81. The number of hydrogen-bond acceptors (Lipinski definition) is 3. The Morgan fingerprint density at radius 2 is 1.72 bits per heavy atom. The highest BCUT2D eigenvalue weighted by Crippen LogP contribution is 2.25. The first-order valence-corrected chi connectivity index (χ1v) is 7.94. The smallest absolute Gasteiger partial charge is 0.0244 e. The van der Waals surface area contributed by atoms with Gasteiger partial charge in [-0.3, -0.25) is 9.80 Å². The molecule has 2 N–H and O–H groups in total. The molecule has 3 nitrogen and oxygen atoms in total. The zero-order valence-corrected chi connectivity index (χ0v) is 12.3. The van der Waals surface area contributed by atoms with E-state index in [9.17, 15) is 0 Å². The maximum atomic E-state index is 5.98. The summed E-state index contributed by atoms with van der Waals surface area (Å²) >= 11 is 0. The standard InChI is InChI=1S/C15H31N3/c1-3-13(2)15(12-16)18-10-8-17(9-11-18)14-6-4-5-7-14/h13-15H,3-12,16H2,1-2H3. The molecule has 1 saturated heterocycles. The fourth-order valence-electron chi connectivity index (χ4n) is 3.72. The second-order valence-corrected chi connectivity index (χ2v) is 6.20. The first-order valence-electron chi connectivity index (χ1n) is 7.94. The van der Waals surface area contributed by atoms with E-state index in [4.69, 9.17) is 5.73 Å². The predicted molar refractivity (Wildman–Crippen MR) is 77.7 cm³/mol. The van der Waals surface area contributed by atoms with Gasteiger partial charge >= 0.3 is 0 Å². The molecule has 18 heavy (non-hydrogen) atoms. The lowest BCUT2D eigenvalue weighted by Gasteiger charge is -2.43. The lowest BCUT2D eigenvalue weighted by atomic mass is 9.97. The summed E-state index contributed by atoms with van der Waals surface area (Å²) in [6, 6.07) is 1.49. The minimum Gasteiger partial charge on any atom is -0.329 e. The van der Waals surface area contributed by atoms with E-state index >= 15 is 0 Å². The Kier molecular flexibility index (Phi) is 5.46. The number of nitrogens with two attached hydrogens (primary N) is 1. The van der Waals surface area contributed by atoms with Gasteiger partial charge in [0, 0.05) is 44.8 Å². The molecule has 0 spiro atoms. The van der Waals surface area contributed by atoms with E-state index in [1.165, 1.54) is 58.3 Å². The van der Waals surface area contributed by atoms with E-state index in [0.29, 0.717) is 6.04 Å². The van der Waals surface area contributed by atoms with Gasteiger partial charge in [-0.25, -0.2) is 0 Å². The second kappa shape index (κ2) is 6.88. The molecular formula is C15H31N3. The van der Waals surface area contributed by atoms with Crippen molar-refractivity contribution in [2.75, 3.05) is 32.7 Å². The summed E-state index contributed by atoms with van der Waals surface area (Å²) in [6.45, 7) is 10.4. The van der Waals surface area contributed by atoms with Crippen LogP contribution in [0.2, 0.25) is 0 Å². The SMILES string of the molecule is CCC(C)C(CN)N1CCN(C2CCCC2)CC1. The van der Waals surface area contributed by atoms with E-state index < -0.39 is 0 Å². The lowest BCUT2D eigenvalue weighted by molar-refractivity contribution is 0.0548. The predicted octanol–water partition coefficient (Wildman–Crippen LogP) is 1.92.